The fraction of sp³-hybridized carbons (Fsp3) is 0.500. The molecule has 1 saturated heterocycles. The Balaban J connectivity index is 0.00000242. The molecular weight excluding hydrogens is 302 g/mol. The molecule has 0 unspecified atom stereocenters. The van der Waals surface area contributed by atoms with E-state index in [1.54, 1.807) is 12.0 Å². The highest BCUT2D eigenvalue weighted by Gasteiger charge is 2.32. The van der Waals surface area contributed by atoms with Crippen LogP contribution >= 0.6 is 12.4 Å². The van der Waals surface area contributed by atoms with Crippen LogP contribution in [0, 0.1) is 6.57 Å². The van der Waals surface area contributed by atoms with Gasteiger partial charge in [0.05, 0.1) is 13.7 Å². The van der Waals surface area contributed by atoms with Crippen LogP contribution in [0.2, 0.25) is 0 Å². The van der Waals surface area contributed by atoms with Crippen molar-refractivity contribution in [2.24, 2.45) is 0 Å². The number of rotatable bonds is 6. The van der Waals surface area contributed by atoms with Gasteiger partial charge in [-0.2, -0.15) is 0 Å². The summed E-state index contributed by atoms with van der Waals surface area (Å²) in [7, 11) is 1.65. The zero-order chi connectivity index (χ0) is 15.1. The molecule has 1 amide bonds. The summed E-state index contributed by atoms with van der Waals surface area (Å²) in [6.45, 7) is 8.85. The highest BCUT2D eigenvalue weighted by atomic mass is 35.5. The van der Waals surface area contributed by atoms with Crippen LogP contribution in [-0.4, -0.2) is 43.7 Å². The number of nitrogens with one attached hydrogen (secondary N) is 1. The van der Waals surface area contributed by atoms with E-state index in [1.165, 1.54) is 5.56 Å². The quantitative estimate of drug-likeness (QED) is 0.644. The standard InChI is InChI=1S/C16H21N3O2.ClH/c1-17-15-4-3-11-19(15)16(20)12-18-10-9-13-5-7-14(21-2)8-6-13;/h5-8,15,18H,3-4,9-12H2,2H3;1H/t15-;/m0./s1. The first-order valence-corrected chi connectivity index (χ1v) is 7.24. The topological polar surface area (TPSA) is 45.9 Å². The van der Waals surface area contributed by atoms with Crippen molar-refractivity contribution >= 4 is 18.3 Å². The van der Waals surface area contributed by atoms with E-state index < -0.39 is 0 Å². The molecule has 0 saturated carbocycles. The van der Waals surface area contributed by atoms with E-state index in [4.69, 9.17) is 11.3 Å². The van der Waals surface area contributed by atoms with Gasteiger partial charge in [-0.3, -0.25) is 14.5 Å². The molecule has 22 heavy (non-hydrogen) atoms. The number of amides is 1. The predicted octanol–water partition coefficient (Wildman–Crippen LogP) is 2.12. The van der Waals surface area contributed by atoms with E-state index in [0.717, 1.165) is 31.6 Å². The summed E-state index contributed by atoms with van der Waals surface area (Å²) in [6.07, 6.45) is 2.36. The molecule has 0 bridgehead atoms. The lowest BCUT2D eigenvalue weighted by Gasteiger charge is -2.16. The van der Waals surface area contributed by atoms with Gasteiger partial charge in [-0.1, -0.05) is 12.1 Å². The minimum atomic E-state index is -0.249. The molecule has 0 spiro atoms. The number of carbonyl (C=O) groups is 1. The zero-order valence-electron chi connectivity index (χ0n) is 12.7. The lowest BCUT2D eigenvalue weighted by atomic mass is 10.1. The summed E-state index contributed by atoms with van der Waals surface area (Å²) in [5.41, 5.74) is 1.20. The van der Waals surface area contributed by atoms with Crippen molar-refractivity contribution in [1.29, 1.82) is 0 Å². The second kappa shape index (κ2) is 9.29. The number of ether oxygens (including phenoxy) is 1. The molecule has 5 nitrogen and oxygen atoms in total. The Labute approximate surface area is 137 Å². The molecule has 1 atom stereocenters. The largest absolute Gasteiger partial charge is 0.497 e. The summed E-state index contributed by atoms with van der Waals surface area (Å²) in [6, 6.07) is 7.92. The Morgan fingerprint density at radius 2 is 2.18 bits per heavy atom. The fourth-order valence-electron chi connectivity index (χ4n) is 2.50. The third-order valence-electron chi connectivity index (χ3n) is 3.72. The van der Waals surface area contributed by atoms with Gasteiger partial charge in [0.2, 0.25) is 5.91 Å². The monoisotopic (exact) mass is 323 g/mol. The van der Waals surface area contributed by atoms with Crippen LogP contribution in [0.25, 0.3) is 4.85 Å². The second-order valence-corrected chi connectivity index (χ2v) is 5.11. The average Bonchev–Trinajstić information content (AvgIpc) is 3.00. The maximum atomic E-state index is 12.0. The zero-order valence-corrected chi connectivity index (χ0v) is 13.6. The molecule has 1 aromatic carbocycles. The Bertz CT molecular complexity index is 513. The molecule has 1 aromatic rings. The number of methoxy groups -OCH3 is 1. The Hall–Kier alpha value is -1.77. The minimum Gasteiger partial charge on any atom is -0.497 e. The van der Waals surface area contributed by atoms with E-state index in [2.05, 4.69) is 10.2 Å². The predicted molar refractivity (Wildman–Crippen MR) is 88.2 cm³/mol. The second-order valence-electron chi connectivity index (χ2n) is 5.11. The van der Waals surface area contributed by atoms with Crippen LogP contribution in [0.3, 0.4) is 0 Å². The SMILES string of the molecule is Cl.[C-]#[N+][C@@H]1CCCN1C(=O)CNCCc1ccc(OC)cc1. The molecule has 1 aliphatic heterocycles. The summed E-state index contributed by atoms with van der Waals surface area (Å²) in [5, 5.41) is 3.16. The summed E-state index contributed by atoms with van der Waals surface area (Å²) in [4.78, 5) is 17.2. The van der Waals surface area contributed by atoms with Gasteiger partial charge in [0.25, 0.3) is 0 Å². The lowest BCUT2D eigenvalue weighted by molar-refractivity contribution is -0.130. The first-order valence-electron chi connectivity index (χ1n) is 7.24. The van der Waals surface area contributed by atoms with Gasteiger partial charge < -0.3 is 10.1 Å². The van der Waals surface area contributed by atoms with Crippen molar-refractivity contribution in [3.8, 4) is 5.75 Å². The van der Waals surface area contributed by atoms with Gasteiger partial charge in [0.1, 0.15) is 5.75 Å². The normalized spacial score (nSPS) is 16.7. The average molecular weight is 324 g/mol. The smallest absolute Gasteiger partial charge is 0.300 e. The van der Waals surface area contributed by atoms with E-state index >= 15 is 0 Å². The summed E-state index contributed by atoms with van der Waals surface area (Å²) < 4.78 is 5.11. The highest BCUT2D eigenvalue weighted by Crippen LogP contribution is 2.17. The van der Waals surface area contributed by atoms with Gasteiger partial charge in [0.15, 0.2) is 0 Å². The minimum absolute atomic E-state index is 0. The number of nitrogens with zero attached hydrogens (tertiary/aromatic N) is 2. The number of carbonyl (C=O) groups excluding carboxylic acids is 1. The third-order valence-corrected chi connectivity index (χ3v) is 3.72. The van der Waals surface area contributed by atoms with E-state index in [9.17, 15) is 4.79 Å². The molecule has 120 valence electrons. The van der Waals surface area contributed by atoms with Gasteiger partial charge in [0, 0.05) is 13.0 Å². The Morgan fingerprint density at radius 3 is 2.82 bits per heavy atom. The van der Waals surface area contributed by atoms with E-state index in [1.807, 2.05) is 24.3 Å². The number of hydrogen-bond acceptors (Lipinski definition) is 3. The molecular formula is C16H22ClN3O2. The number of hydrogen-bond donors (Lipinski definition) is 1. The Kier molecular flexibility index (Phi) is 7.72. The van der Waals surface area contributed by atoms with Crippen LogP contribution in [0.1, 0.15) is 18.4 Å². The van der Waals surface area contributed by atoms with Crippen molar-refractivity contribution in [1.82, 2.24) is 10.2 Å². The highest BCUT2D eigenvalue weighted by molar-refractivity contribution is 5.85. The molecule has 1 fully saturated rings. The van der Waals surface area contributed by atoms with Gasteiger partial charge in [-0.15, -0.1) is 12.4 Å². The van der Waals surface area contributed by atoms with Crippen molar-refractivity contribution in [2.75, 3.05) is 26.7 Å². The third kappa shape index (κ3) is 4.90. The van der Waals surface area contributed by atoms with Gasteiger partial charge >= 0.3 is 6.17 Å². The van der Waals surface area contributed by atoms with E-state index in [0.29, 0.717) is 13.1 Å². The molecule has 1 N–H and O–H groups in total. The van der Waals surface area contributed by atoms with E-state index in [-0.39, 0.29) is 24.5 Å². The number of benzene rings is 1. The molecule has 0 radical (unpaired) electrons. The van der Waals surface area contributed by atoms with Crippen LogP contribution in [0.15, 0.2) is 24.3 Å². The van der Waals surface area contributed by atoms with Crippen LogP contribution in [-0.2, 0) is 11.2 Å². The van der Waals surface area contributed by atoms with Crippen molar-refractivity contribution in [3.05, 3.63) is 41.2 Å². The summed E-state index contributed by atoms with van der Waals surface area (Å²) >= 11 is 0. The Morgan fingerprint density at radius 1 is 1.45 bits per heavy atom. The van der Waals surface area contributed by atoms with Crippen LogP contribution < -0.4 is 10.1 Å². The van der Waals surface area contributed by atoms with Crippen molar-refractivity contribution in [2.45, 2.75) is 25.4 Å². The lowest BCUT2D eigenvalue weighted by Crippen LogP contribution is -2.40. The molecule has 6 heteroatoms. The fourth-order valence-corrected chi connectivity index (χ4v) is 2.50. The first-order chi connectivity index (χ1) is 10.2. The number of halogens is 1. The van der Waals surface area contributed by atoms with Gasteiger partial charge in [-0.25, -0.2) is 6.57 Å². The number of likely N-dealkylation sites (tertiary alicyclic amines) is 1. The van der Waals surface area contributed by atoms with Crippen molar-refractivity contribution < 1.29 is 9.53 Å². The molecule has 2 rings (SSSR count). The van der Waals surface area contributed by atoms with Crippen molar-refractivity contribution in [3.63, 3.8) is 0 Å². The van der Waals surface area contributed by atoms with Gasteiger partial charge in [-0.05, 0) is 37.1 Å². The molecule has 0 aromatic heterocycles. The molecule has 1 aliphatic rings. The van der Waals surface area contributed by atoms with Crippen LogP contribution in [0.5, 0.6) is 5.75 Å². The summed E-state index contributed by atoms with van der Waals surface area (Å²) in [5.74, 6) is 0.879. The molecule has 0 aliphatic carbocycles. The molecule has 1 heterocycles. The maximum Gasteiger partial charge on any atom is 0.300 e. The maximum absolute atomic E-state index is 12.0. The first kappa shape index (κ1) is 18.3. The van der Waals surface area contributed by atoms with Crippen LogP contribution in [0.4, 0.5) is 0 Å².